The van der Waals surface area contributed by atoms with Gasteiger partial charge in [-0.15, -0.1) is 0 Å². The third kappa shape index (κ3) is 7.56. The van der Waals surface area contributed by atoms with Crippen LogP contribution in [0, 0.1) is 5.82 Å². The summed E-state index contributed by atoms with van der Waals surface area (Å²) in [5.74, 6) is -0.466. The predicted octanol–water partition coefficient (Wildman–Crippen LogP) is 7.63. The normalized spacial score (nSPS) is 20.4. The average Bonchev–Trinajstić information content (AvgIpc) is 2.80. The number of ether oxygens (including phenoxy) is 2. The molecule has 0 unspecified atom stereocenters. The van der Waals surface area contributed by atoms with Crippen molar-refractivity contribution in [1.82, 2.24) is 5.32 Å². The molecule has 212 valence electrons. The summed E-state index contributed by atoms with van der Waals surface area (Å²) in [6.07, 6.45) is -12.4. The van der Waals surface area contributed by atoms with Crippen LogP contribution in [0.4, 0.5) is 30.7 Å². The SMILES string of the molecule is CC(C)(C)[Si](C)(C)OC[C@@H](O[C@H]1OCCN[C@H]1c1ccc(F)cc1)c1cc(C(F)(F)F)cc(C(F)(F)F)c1. The van der Waals surface area contributed by atoms with E-state index in [-0.39, 0.29) is 29.9 Å². The molecule has 2 aromatic rings. The number of hydrogen-bond donors (Lipinski definition) is 1. The van der Waals surface area contributed by atoms with E-state index in [2.05, 4.69) is 5.32 Å². The molecule has 3 rings (SSSR count). The van der Waals surface area contributed by atoms with Crippen LogP contribution in [0.5, 0.6) is 0 Å². The maximum Gasteiger partial charge on any atom is 0.416 e. The van der Waals surface area contributed by atoms with Crippen molar-refractivity contribution in [2.45, 2.75) is 69.7 Å². The Morgan fingerprint density at radius 1 is 0.947 bits per heavy atom. The molecule has 12 heteroatoms. The van der Waals surface area contributed by atoms with Crippen molar-refractivity contribution >= 4 is 8.32 Å². The Labute approximate surface area is 218 Å². The maximum atomic E-state index is 13.6. The van der Waals surface area contributed by atoms with E-state index in [0.29, 0.717) is 24.2 Å². The quantitative estimate of drug-likeness (QED) is 0.276. The Morgan fingerprint density at radius 2 is 1.50 bits per heavy atom. The Kier molecular flexibility index (Phi) is 9.04. The molecule has 1 heterocycles. The molecule has 0 bridgehead atoms. The van der Waals surface area contributed by atoms with Crippen molar-refractivity contribution in [3.05, 3.63) is 70.5 Å². The zero-order valence-electron chi connectivity index (χ0n) is 21.8. The molecule has 1 N–H and O–H groups in total. The molecule has 0 amide bonds. The van der Waals surface area contributed by atoms with E-state index in [4.69, 9.17) is 13.9 Å². The van der Waals surface area contributed by atoms with Crippen LogP contribution in [0.15, 0.2) is 42.5 Å². The van der Waals surface area contributed by atoms with Crippen LogP contribution in [0.2, 0.25) is 18.1 Å². The van der Waals surface area contributed by atoms with Crippen molar-refractivity contribution < 1.29 is 44.6 Å². The number of benzene rings is 2. The molecule has 0 aromatic heterocycles. The lowest BCUT2D eigenvalue weighted by atomic mass is 10.0. The van der Waals surface area contributed by atoms with Crippen LogP contribution in [-0.4, -0.2) is 34.4 Å². The van der Waals surface area contributed by atoms with Crippen LogP contribution in [-0.2, 0) is 26.3 Å². The fourth-order valence-corrected chi connectivity index (χ4v) is 4.69. The van der Waals surface area contributed by atoms with Crippen LogP contribution >= 0.6 is 0 Å². The lowest BCUT2D eigenvalue weighted by molar-refractivity contribution is -0.209. The zero-order chi connectivity index (χ0) is 28.5. The van der Waals surface area contributed by atoms with Gasteiger partial charge in [0, 0.05) is 6.54 Å². The van der Waals surface area contributed by atoms with Gasteiger partial charge in [0.1, 0.15) is 11.9 Å². The van der Waals surface area contributed by atoms with E-state index < -0.39 is 56.0 Å². The molecule has 1 saturated heterocycles. The van der Waals surface area contributed by atoms with Gasteiger partial charge in [0.05, 0.1) is 30.4 Å². The highest BCUT2D eigenvalue weighted by molar-refractivity contribution is 6.74. The van der Waals surface area contributed by atoms with Gasteiger partial charge in [-0.05, 0) is 59.6 Å². The topological polar surface area (TPSA) is 39.7 Å². The Balaban J connectivity index is 2.04. The molecule has 0 saturated carbocycles. The fraction of sp³-hybridized carbons (Fsp3) is 0.538. The summed E-state index contributed by atoms with van der Waals surface area (Å²) in [4.78, 5) is 0. The molecular formula is C26H32F7NO3Si. The highest BCUT2D eigenvalue weighted by Gasteiger charge is 2.41. The van der Waals surface area contributed by atoms with E-state index in [1.54, 1.807) is 0 Å². The van der Waals surface area contributed by atoms with Gasteiger partial charge in [0.15, 0.2) is 14.6 Å². The van der Waals surface area contributed by atoms with Crippen molar-refractivity contribution in [2.75, 3.05) is 19.8 Å². The third-order valence-electron chi connectivity index (χ3n) is 6.93. The van der Waals surface area contributed by atoms with Crippen molar-refractivity contribution in [3.8, 4) is 0 Å². The summed E-state index contributed by atoms with van der Waals surface area (Å²) in [5, 5.41) is 2.89. The molecule has 4 nitrogen and oxygen atoms in total. The second-order valence-corrected chi connectivity index (χ2v) is 15.6. The minimum Gasteiger partial charge on any atom is -0.414 e. The first kappa shape index (κ1) is 30.5. The Morgan fingerprint density at radius 3 is 2.00 bits per heavy atom. The zero-order valence-corrected chi connectivity index (χ0v) is 22.8. The van der Waals surface area contributed by atoms with E-state index >= 15 is 0 Å². The standard InChI is InChI=1S/C26H32F7NO3Si/c1-24(2,3)38(4,5)36-15-21(17-12-18(25(28,29)30)14-19(13-17)26(31,32)33)37-23-22(34-10-11-35-23)16-6-8-20(27)9-7-16/h6-9,12-14,21-23,34H,10-11,15H2,1-5H3/t21-,22+,23-/m1/s1. The lowest BCUT2D eigenvalue weighted by Gasteiger charge is -2.39. The second-order valence-electron chi connectivity index (χ2n) is 10.8. The largest absolute Gasteiger partial charge is 0.416 e. The van der Waals surface area contributed by atoms with E-state index in [1.165, 1.54) is 24.3 Å². The first-order valence-corrected chi connectivity index (χ1v) is 15.0. The number of hydrogen-bond acceptors (Lipinski definition) is 4. The molecule has 38 heavy (non-hydrogen) atoms. The molecular weight excluding hydrogens is 535 g/mol. The van der Waals surface area contributed by atoms with Gasteiger partial charge in [0.25, 0.3) is 0 Å². The second kappa shape index (κ2) is 11.2. The molecule has 0 spiro atoms. The van der Waals surface area contributed by atoms with Gasteiger partial charge in [0.2, 0.25) is 0 Å². The van der Waals surface area contributed by atoms with Crippen molar-refractivity contribution in [2.24, 2.45) is 0 Å². The van der Waals surface area contributed by atoms with Gasteiger partial charge in [-0.2, -0.15) is 26.3 Å². The number of alkyl halides is 6. The Hall–Kier alpha value is -1.99. The fourth-order valence-electron chi connectivity index (χ4n) is 3.69. The summed E-state index contributed by atoms with van der Waals surface area (Å²) >= 11 is 0. The molecule has 0 radical (unpaired) electrons. The molecule has 0 aliphatic carbocycles. The van der Waals surface area contributed by atoms with Crippen LogP contribution in [0.3, 0.4) is 0 Å². The number of nitrogens with one attached hydrogen (secondary N) is 1. The van der Waals surface area contributed by atoms with Crippen molar-refractivity contribution in [3.63, 3.8) is 0 Å². The van der Waals surface area contributed by atoms with Crippen LogP contribution in [0.25, 0.3) is 0 Å². The number of rotatable bonds is 7. The number of halogens is 7. The molecule has 1 aliphatic heterocycles. The van der Waals surface area contributed by atoms with Crippen molar-refractivity contribution in [1.29, 1.82) is 0 Å². The van der Waals surface area contributed by atoms with Gasteiger partial charge < -0.3 is 19.2 Å². The molecule has 1 fully saturated rings. The van der Waals surface area contributed by atoms with E-state index in [0.717, 1.165) is 0 Å². The van der Waals surface area contributed by atoms with Crippen LogP contribution < -0.4 is 5.32 Å². The minimum absolute atomic E-state index is 0.0786. The smallest absolute Gasteiger partial charge is 0.414 e. The summed E-state index contributed by atoms with van der Waals surface area (Å²) in [7, 11) is -2.48. The van der Waals surface area contributed by atoms with Gasteiger partial charge in [-0.1, -0.05) is 32.9 Å². The molecule has 3 atom stereocenters. The van der Waals surface area contributed by atoms with Gasteiger partial charge in [-0.3, -0.25) is 0 Å². The summed E-state index contributed by atoms with van der Waals surface area (Å²) in [6, 6.07) is 6.22. The Bertz CT molecular complexity index is 1050. The monoisotopic (exact) mass is 567 g/mol. The minimum atomic E-state index is -5.01. The first-order valence-electron chi connectivity index (χ1n) is 12.1. The predicted molar refractivity (Wildman–Crippen MR) is 130 cm³/mol. The first-order chi connectivity index (χ1) is 17.4. The molecule has 1 aliphatic rings. The highest BCUT2D eigenvalue weighted by atomic mass is 28.4. The van der Waals surface area contributed by atoms with E-state index in [9.17, 15) is 30.7 Å². The number of morpholine rings is 1. The molecule has 2 aromatic carbocycles. The average molecular weight is 568 g/mol. The van der Waals surface area contributed by atoms with Gasteiger partial charge in [-0.25, -0.2) is 4.39 Å². The summed E-state index contributed by atoms with van der Waals surface area (Å²) < 4.78 is 113. The highest BCUT2D eigenvalue weighted by Crippen LogP contribution is 2.41. The lowest BCUT2D eigenvalue weighted by Crippen LogP contribution is -2.45. The summed E-state index contributed by atoms with van der Waals surface area (Å²) in [5.41, 5.74) is -2.64. The summed E-state index contributed by atoms with van der Waals surface area (Å²) in [6.45, 7) is 10.0. The maximum absolute atomic E-state index is 13.6. The third-order valence-corrected chi connectivity index (χ3v) is 11.4. The van der Waals surface area contributed by atoms with Gasteiger partial charge >= 0.3 is 12.4 Å². The van der Waals surface area contributed by atoms with E-state index in [1.807, 2.05) is 33.9 Å². The van der Waals surface area contributed by atoms with Crippen LogP contribution in [0.1, 0.15) is 55.2 Å².